The van der Waals surface area contributed by atoms with Crippen molar-refractivity contribution in [1.82, 2.24) is 0 Å². The Bertz CT molecular complexity index is 268. The van der Waals surface area contributed by atoms with E-state index in [0.29, 0.717) is 6.42 Å². The Morgan fingerprint density at radius 2 is 2.45 bits per heavy atom. The molecule has 0 aromatic rings. The molecule has 0 saturated heterocycles. The molecule has 0 saturated carbocycles. The molecule has 0 heterocycles. The molecular weight excluding hydrogens is 138 g/mol. The van der Waals surface area contributed by atoms with Gasteiger partial charge in [-0.15, -0.1) is 0 Å². The molecule has 0 fully saturated rings. The highest BCUT2D eigenvalue weighted by atomic mass is 16.1. The summed E-state index contributed by atoms with van der Waals surface area (Å²) >= 11 is 0. The molecule has 1 aliphatic rings. The average molecular weight is 147 g/mol. The van der Waals surface area contributed by atoms with Crippen LogP contribution in [0.2, 0.25) is 0 Å². The SMILES string of the molecule is CC(C#N)C1=CC(=O)CC=C1. The van der Waals surface area contributed by atoms with Crippen LogP contribution in [0, 0.1) is 17.2 Å². The Morgan fingerprint density at radius 3 is 3.00 bits per heavy atom. The predicted molar refractivity (Wildman–Crippen MR) is 41.6 cm³/mol. The fourth-order valence-corrected chi connectivity index (χ4v) is 0.948. The first-order chi connectivity index (χ1) is 5.24. The lowest BCUT2D eigenvalue weighted by Crippen LogP contribution is -2.02. The van der Waals surface area contributed by atoms with E-state index in [0.717, 1.165) is 5.57 Å². The molecule has 1 atom stereocenters. The van der Waals surface area contributed by atoms with Gasteiger partial charge < -0.3 is 0 Å². The maximum atomic E-state index is 10.9. The lowest BCUT2D eigenvalue weighted by Gasteiger charge is -2.06. The number of rotatable bonds is 1. The van der Waals surface area contributed by atoms with Gasteiger partial charge in [0.25, 0.3) is 0 Å². The van der Waals surface area contributed by atoms with Crippen LogP contribution in [-0.2, 0) is 4.79 Å². The van der Waals surface area contributed by atoms with E-state index in [2.05, 4.69) is 6.07 Å². The first kappa shape index (κ1) is 7.74. The van der Waals surface area contributed by atoms with Crippen LogP contribution in [-0.4, -0.2) is 5.78 Å². The molecule has 1 aliphatic carbocycles. The third-order valence-corrected chi connectivity index (χ3v) is 1.65. The normalized spacial score (nSPS) is 18.9. The van der Waals surface area contributed by atoms with Crippen LogP contribution in [0.1, 0.15) is 13.3 Å². The van der Waals surface area contributed by atoms with Gasteiger partial charge in [0.15, 0.2) is 5.78 Å². The van der Waals surface area contributed by atoms with Crippen LogP contribution >= 0.6 is 0 Å². The van der Waals surface area contributed by atoms with Crippen LogP contribution in [0.5, 0.6) is 0 Å². The smallest absolute Gasteiger partial charge is 0.159 e. The van der Waals surface area contributed by atoms with Crippen LogP contribution in [0.25, 0.3) is 0 Å². The quantitative estimate of drug-likeness (QED) is 0.565. The zero-order valence-electron chi connectivity index (χ0n) is 6.37. The van der Waals surface area contributed by atoms with Crippen LogP contribution in [0.4, 0.5) is 0 Å². The minimum absolute atomic E-state index is 0.0876. The van der Waals surface area contributed by atoms with Gasteiger partial charge in [0.05, 0.1) is 12.0 Å². The zero-order chi connectivity index (χ0) is 8.27. The number of hydrogen-bond donors (Lipinski definition) is 0. The standard InChI is InChI=1S/C9H9NO/c1-7(6-10)8-3-2-4-9(11)5-8/h2-3,5,7H,4H2,1H3. The summed E-state index contributed by atoms with van der Waals surface area (Å²) in [5.74, 6) is -0.0832. The highest BCUT2D eigenvalue weighted by Gasteiger charge is 2.09. The van der Waals surface area contributed by atoms with E-state index in [1.807, 2.05) is 6.08 Å². The second kappa shape index (κ2) is 3.16. The highest BCUT2D eigenvalue weighted by Crippen LogP contribution is 2.15. The highest BCUT2D eigenvalue weighted by molar-refractivity contribution is 5.93. The minimum atomic E-state index is -0.171. The number of ketones is 1. The van der Waals surface area contributed by atoms with Crippen molar-refractivity contribution in [3.8, 4) is 6.07 Å². The van der Waals surface area contributed by atoms with Crippen molar-refractivity contribution in [1.29, 1.82) is 5.26 Å². The Balaban J connectivity index is 2.81. The molecule has 2 nitrogen and oxygen atoms in total. The molecule has 0 aliphatic heterocycles. The van der Waals surface area contributed by atoms with E-state index in [9.17, 15) is 4.79 Å². The van der Waals surface area contributed by atoms with Gasteiger partial charge in [0, 0.05) is 6.42 Å². The summed E-state index contributed by atoms with van der Waals surface area (Å²) in [4.78, 5) is 10.9. The minimum Gasteiger partial charge on any atom is -0.294 e. The van der Waals surface area contributed by atoms with E-state index >= 15 is 0 Å². The van der Waals surface area contributed by atoms with Crippen LogP contribution < -0.4 is 0 Å². The van der Waals surface area contributed by atoms with Gasteiger partial charge >= 0.3 is 0 Å². The Kier molecular flexibility index (Phi) is 2.22. The maximum absolute atomic E-state index is 10.9. The number of hydrogen-bond acceptors (Lipinski definition) is 2. The third-order valence-electron chi connectivity index (χ3n) is 1.65. The predicted octanol–water partition coefficient (Wildman–Crippen LogP) is 1.60. The topological polar surface area (TPSA) is 40.9 Å². The molecule has 0 spiro atoms. The first-order valence-corrected chi connectivity index (χ1v) is 3.54. The van der Waals surface area contributed by atoms with Crippen LogP contribution in [0.3, 0.4) is 0 Å². The van der Waals surface area contributed by atoms with Gasteiger partial charge in [-0.25, -0.2) is 0 Å². The summed E-state index contributed by atoms with van der Waals surface area (Å²) in [6.07, 6.45) is 5.66. The van der Waals surface area contributed by atoms with Gasteiger partial charge in [-0.3, -0.25) is 4.79 Å². The van der Waals surface area contributed by atoms with Gasteiger partial charge in [-0.2, -0.15) is 5.26 Å². The zero-order valence-corrected chi connectivity index (χ0v) is 6.37. The van der Waals surface area contributed by atoms with Crippen molar-refractivity contribution in [3.63, 3.8) is 0 Å². The second-order valence-electron chi connectivity index (χ2n) is 2.57. The molecule has 0 radical (unpaired) electrons. The molecule has 1 rings (SSSR count). The fourth-order valence-electron chi connectivity index (χ4n) is 0.948. The van der Waals surface area contributed by atoms with Crippen molar-refractivity contribution >= 4 is 5.78 Å². The molecule has 0 amide bonds. The molecule has 0 aromatic carbocycles. The Hall–Kier alpha value is -1.36. The molecule has 56 valence electrons. The molecule has 1 unspecified atom stereocenters. The number of carbonyl (C=O) groups excluding carboxylic acids is 1. The number of allylic oxidation sites excluding steroid dienone is 4. The summed E-state index contributed by atoms with van der Waals surface area (Å²) in [6.45, 7) is 1.79. The maximum Gasteiger partial charge on any atom is 0.159 e. The van der Waals surface area contributed by atoms with Crippen molar-refractivity contribution in [2.75, 3.05) is 0 Å². The molecule has 2 heteroatoms. The van der Waals surface area contributed by atoms with Crippen molar-refractivity contribution in [2.45, 2.75) is 13.3 Å². The average Bonchev–Trinajstić information content (AvgIpc) is 2.03. The Labute approximate surface area is 65.8 Å². The molecular formula is C9H9NO. The van der Waals surface area contributed by atoms with E-state index in [1.165, 1.54) is 0 Å². The van der Waals surface area contributed by atoms with E-state index in [4.69, 9.17) is 5.26 Å². The fraction of sp³-hybridized carbons (Fsp3) is 0.333. The van der Waals surface area contributed by atoms with E-state index < -0.39 is 0 Å². The lowest BCUT2D eigenvalue weighted by molar-refractivity contribution is -0.114. The van der Waals surface area contributed by atoms with Crippen molar-refractivity contribution in [3.05, 3.63) is 23.8 Å². The van der Waals surface area contributed by atoms with Crippen LogP contribution in [0.15, 0.2) is 23.8 Å². The molecule has 0 aromatic heterocycles. The summed E-state index contributed by atoms with van der Waals surface area (Å²) in [5.41, 5.74) is 0.823. The molecule has 0 bridgehead atoms. The largest absolute Gasteiger partial charge is 0.294 e. The summed E-state index contributed by atoms with van der Waals surface area (Å²) in [6, 6.07) is 2.08. The van der Waals surface area contributed by atoms with Gasteiger partial charge in [-0.1, -0.05) is 12.2 Å². The van der Waals surface area contributed by atoms with Crippen molar-refractivity contribution in [2.24, 2.45) is 5.92 Å². The van der Waals surface area contributed by atoms with Gasteiger partial charge in [-0.05, 0) is 18.6 Å². The van der Waals surface area contributed by atoms with E-state index in [1.54, 1.807) is 19.1 Å². The van der Waals surface area contributed by atoms with E-state index in [-0.39, 0.29) is 11.7 Å². The van der Waals surface area contributed by atoms with Gasteiger partial charge in [0.2, 0.25) is 0 Å². The monoisotopic (exact) mass is 147 g/mol. The second-order valence-corrected chi connectivity index (χ2v) is 2.57. The number of nitriles is 1. The summed E-state index contributed by atoms with van der Waals surface area (Å²) in [5, 5.41) is 8.54. The summed E-state index contributed by atoms with van der Waals surface area (Å²) in [7, 11) is 0. The molecule has 11 heavy (non-hydrogen) atoms. The summed E-state index contributed by atoms with van der Waals surface area (Å²) < 4.78 is 0. The third kappa shape index (κ3) is 1.78. The molecule has 0 N–H and O–H groups in total. The number of nitrogens with zero attached hydrogens (tertiary/aromatic N) is 1. The first-order valence-electron chi connectivity index (χ1n) is 3.54. The number of carbonyl (C=O) groups is 1. The lowest BCUT2D eigenvalue weighted by atomic mass is 9.96. The van der Waals surface area contributed by atoms with Gasteiger partial charge in [0.1, 0.15) is 0 Å². The Morgan fingerprint density at radius 1 is 1.73 bits per heavy atom. The van der Waals surface area contributed by atoms with Crippen molar-refractivity contribution < 1.29 is 4.79 Å².